The number of benzene rings is 1. The number of rotatable bonds is 5. The molecule has 0 heterocycles. The van der Waals surface area contributed by atoms with Gasteiger partial charge in [-0.2, -0.15) is 0 Å². The van der Waals surface area contributed by atoms with Gasteiger partial charge >= 0.3 is 0 Å². The van der Waals surface area contributed by atoms with Crippen LogP contribution in [0.5, 0.6) is 0 Å². The molecule has 6 heteroatoms. The number of non-ortho nitro benzene ring substituents is 1. The van der Waals surface area contributed by atoms with E-state index in [1.165, 1.54) is 12.1 Å². The second-order valence-electron chi connectivity index (χ2n) is 5.33. The summed E-state index contributed by atoms with van der Waals surface area (Å²) in [6, 6.07) is 6.34. The average Bonchev–Trinajstić information content (AvgIpc) is 2.27. The molecule has 1 aromatic rings. The first-order valence-electron chi connectivity index (χ1n) is 6.03. The summed E-state index contributed by atoms with van der Waals surface area (Å²) in [6.07, 6.45) is 0. The highest BCUT2D eigenvalue weighted by atomic mass is 16.6. The lowest BCUT2D eigenvalue weighted by atomic mass is 10.1. The van der Waals surface area contributed by atoms with Gasteiger partial charge in [0.15, 0.2) is 0 Å². The molecule has 0 aromatic heterocycles. The third-order valence-corrected chi connectivity index (χ3v) is 2.25. The van der Waals surface area contributed by atoms with Gasteiger partial charge in [-0.05, 0) is 26.3 Å². The average molecular weight is 265 g/mol. The SMILES string of the molecule is CC(C)(C)NC(=O)CNCc1cccc([N+](=O)[O-])c1. The first-order chi connectivity index (χ1) is 8.78. The zero-order valence-corrected chi connectivity index (χ0v) is 11.4. The van der Waals surface area contributed by atoms with Crippen LogP contribution in [0.1, 0.15) is 26.3 Å². The predicted octanol–water partition coefficient (Wildman–Crippen LogP) is 1.60. The number of nitrogens with zero attached hydrogens (tertiary/aromatic N) is 1. The highest BCUT2D eigenvalue weighted by Crippen LogP contribution is 2.12. The van der Waals surface area contributed by atoms with Crippen molar-refractivity contribution in [2.75, 3.05) is 6.54 Å². The molecule has 0 radical (unpaired) electrons. The van der Waals surface area contributed by atoms with Gasteiger partial charge in [-0.3, -0.25) is 14.9 Å². The van der Waals surface area contributed by atoms with Gasteiger partial charge in [0.1, 0.15) is 0 Å². The van der Waals surface area contributed by atoms with Crippen LogP contribution in [-0.2, 0) is 11.3 Å². The number of nitrogens with one attached hydrogen (secondary N) is 2. The normalized spacial score (nSPS) is 11.1. The van der Waals surface area contributed by atoms with E-state index in [2.05, 4.69) is 10.6 Å². The molecule has 1 amide bonds. The Bertz CT molecular complexity index is 466. The van der Waals surface area contributed by atoms with Crippen molar-refractivity contribution in [3.05, 3.63) is 39.9 Å². The van der Waals surface area contributed by atoms with Crippen LogP contribution in [0.25, 0.3) is 0 Å². The summed E-state index contributed by atoms with van der Waals surface area (Å²) in [6.45, 7) is 6.32. The van der Waals surface area contributed by atoms with Crippen molar-refractivity contribution in [1.29, 1.82) is 0 Å². The van der Waals surface area contributed by atoms with E-state index in [0.717, 1.165) is 5.56 Å². The minimum Gasteiger partial charge on any atom is -0.350 e. The topological polar surface area (TPSA) is 84.3 Å². The molecular formula is C13H19N3O3. The molecule has 0 saturated carbocycles. The molecule has 0 aliphatic carbocycles. The number of carbonyl (C=O) groups is 1. The van der Waals surface area contributed by atoms with Gasteiger partial charge in [0, 0.05) is 24.2 Å². The van der Waals surface area contributed by atoms with Crippen LogP contribution in [0.4, 0.5) is 5.69 Å². The third-order valence-electron chi connectivity index (χ3n) is 2.25. The van der Waals surface area contributed by atoms with Crippen LogP contribution in [0, 0.1) is 10.1 Å². The molecule has 1 rings (SSSR count). The van der Waals surface area contributed by atoms with Crippen molar-refractivity contribution in [3.8, 4) is 0 Å². The minimum atomic E-state index is -0.435. The second kappa shape index (κ2) is 6.29. The molecule has 0 fully saturated rings. The molecular weight excluding hydrogens is 246 g/mol. The van der Waals surface area contributed by atoms with E-state index in [9.17, 15) is 14.9 Å². The van der Waals surface area contributed by atoms with Crippen LogP contribution in [0.2, 0.25) is 0 Å². The number of nitro groups is 1. The molecule has 1 aromatic carbocycles. The minimum absolute atomic E-state index is 0.0541. The van der Waals surface area contributed by atoms with E-state index >= 15 is 0 Å². The first-order valence-corrected chi connectivity index (χ1v) is 6.03. The smallest absolute Gasteiger partial charge is 0.269 e. The monoisotopic (exact) mass is 265 g/mol. The lowest BCUT2D eigenvalue weighted by Gasteiger charge is -2.20. The third kappa shape index (κ3) is 5.96. The maximum atomic E-state index is 11.5. The summed E-state index contributed by atoms with van der Waals surface area (Å²) in [4.78, 5) is 21.7. The molecule has 0 unspecified atom stereocenters. The van der Waals surface area contributed by atoms with Crippen LogP contribution in [-0.4, -0.2) is 22.9 Å². The highest BCUT2D eigenvalue weighted by Gasteiger charge is 2.13. The van der Waals surface area contributed by atoms with E-state index in [-0.39, 0.29) is 23.7 Å². The number of hydrogen-bond donors (Lipinski definition) is 2. The van der Waals surface area contributed by atoms with E-state index in [0.29, 0.717) is 6.54 Å². The molecule has 104 valence electrons. The van der Waals surface area contributed by atoms with E-state index < -0.39 is 4.92 Å². The summed E-state index contributed by atoms with van der Waals surface area (Å²) in [5, 5.41) is 16.4. The summed E-state index contributed by atoms with van der Waals surface area (Å²) in [7, 11) is 0. The van der Waals surface area contributed by atoms with Gasteiger partial charge in [0.2, 0.25) is 5.91 Å². The summed E-state index contributed by atoms with van der Waals surface area (Å²) >= 11 is 0. The lowest BCUT2D eigenvalue weighted by molar-refractivity contribution is -0.384. The highest BCUT2D eigenvalue weighted by molar-refractivity contribution is 5.78. The molecule has 0 aliphatic heterocycles. The van der Waals surface area contributed by atoms with Crippen molar-refractivity contribution in [3.63, 3.8) is 0 Å². The number of amides is 1. The van der Waals surface area contributed by atoms with Gasteiger partial charge in [0.25, 0.3) is 5.69 Å². The first kappa shape index (κ1) is 15.1. The number of carbonyl (C=O) groups excluding carboxylic acids is 1. The van der Waals surface area contributed by atoms with Crippen molar-refractivity contribution in [1.82, 2.24) is 10.6 Å². The van der Waals surface area contributed by atoms with Gasteiger partial charge in [-0.25, -0.2) is 0 Å². The number of hydrogen-bond acceptors (Lipinski definition) is 4. The van der Waals surface area contributed by atoms with Gasteiger partial charge in [-0.1, -0.05) is 12.1 Å². The van der Waals surface area contributed by atoms with E-state index in [1.54, 1.807) is 12.1 Å². The molecule has 0 spiro atoms. The summed E-state index contributed by atoms with van der Waals surface area (Å²) in [5.41, 5.74) is 0.570. The Labute approximate surface area is 112 Å². The van der Waals surface area contributed by atoms with Crippen LogP contribution in [0.15, 0.2) is 24.3 Å². The Morgan fingerprint density at radius 1 is 1.37 bits per heavy atom. The fraction of sp³-hybridized carbons (Fsp3) is 0.462. The predicted molar refractivity (Wildman–Crippen MR) is 72.7 cm³/mol. The van der Waals surface area contributed by atoms with E-state index in [4.69, 9.17) is 0 Å². The fourth-order valence-corrected chi connectivity index (χ4v) is 1.56. The van der Waals surface area contributed by atoms with Gasteiger partial charge < -0.3 is 10.6 Å². The van der Waals surface area contributed by atoms with Crippen molar-refractivity contribution in [2.24, 2.45) is 0 Å². The van der Waals surface area contributed by atoms with Crippen LogP contribution in [0.3, 0.4) is 0 Å². The molecule has 0 saturated heterocycles. The molecule has 0 aliphatic rings. The Morgan fingerprint density at radius 3 is 2.63 bits per heavy atom. The Balaban J connectivity index is 2.43. The number of nitro benzene ring substituents is 1. The Hall–Kier alpha value is -1.95. The van der Waals surface area contributed by atoms with Crippen LogP contribution < -0.4 is 10.6 Å². The standard InChI is InChI=1S/C13H19N3O3/c1-13(2,3)15-12(17)9-14-8-10-5-4-6-11(7-10)16(18)19/h4-7,14H,8-9H2,1-3H3,(H,15,17). The summed E-state index contributed by atoms with van der Waals surface area (Å²) < 4.78 is 0. The molecule has 0 bridgehead atoms. The lowest BCUT2D eigenvalue weighted by Crippen LogP contribution is -2.44. The molecule has 19 heavy (non-hydrogen) atoms. The Kier molecular flexibility index (Phi) is 5.00. The van der Waals surface area contributed by atoms with Crippen molar-refractivity contribution < 1.29 is 9.72 Å². The van der Waals surface area contributed by atoms with E-state index in [1.807, 2.05) is 20.8 Å². The molecule has 6 nitrogen and oxygen atoms in total. The zero-order chi connectivity index (χ0) is 14.5. The fourth-order valence-electron chi connectivity index (χ4n) is 1.56. The van der Waals surface area contributed by atoms with Crippen molar-refractivity contribution in [2.45, 2.75) is 32.9 Å². The quantitative estimate of drug-likeness (QED) is 0.625. The zero-order valence-electron chi connectivity index (χ0n) is 11.4. The van der Waals surface area contributed by atoms with Crippen LogP contribution >= 0.6 is 0 Å². The maximum Gasteiger partial charge on any atom is 0.269 e. The van der Waals surface area contributed by atoms with Gasteiger partial charge in [0.05, 0.1) is 11.5 Å². The summed E-state index contributed by atoms with van der Waals surface area (Å²) in [5.74, 6) is -0.0991. The maximum absolute atomic E-state index is 11.5. The second-order valence-corrected chi connectivity index (χ2v) is 5.33. The largest absolute Gasteiger partial charge is 0.350 e. The molecule has 2 N–H and O–H groups in total. The Morgan fingerprint density at radius 2 is 2.05 bits per heavy atom. The molecule has 0 atom stereocenters. The van der Waals surface area contributed by atoms with Gasteiger partial charge in [-0.15, -0.1) is 0 Å². The van der Waals surface area contributed by atoms with Crippen molar-refractivity contribution >= 4 is 11.6 Å².